The minimum absolute atomic E-state index is 0.0463. The van der Waals surface area contributed by atoms with Gasteiger partial charge < -0.3 is 14.6 Å². The molecule has 1 heterocycles. The van der Waals surface area contributed by atoms with Crippen molar-refractivity contribution >= 4 is 23.4 Å². The molecule has 0 aliphatic carbocycles. The van der Waals surface area contributed by atoms with Crippen LogP contribution in [0.25, 0.3) is 11.3 Å². The van der Waals surface area contributed by atoms with Crippen molar-refractivity contribution in [1.82, 2.24) is 15.1 Å². The highest BCUT2D eigenvalue weighted by molar-refractivity contribution is 6.30. The smallest absolute Gasteiger partial charge is 0.239 e. The van der Waals surface area contributed by atoms with Crippen molar-refractivity contribution in [3.8, 4) is 11.3 Å². The predicted molar refractivity (Wildman–Crippen MR) is 97.2 cm³/mol. The van der Waals surface area contributed by atoms with E-state index in [1.807, 2.05) is 48.3 Å². The van der Waals surface area contributed by atoms with Gasteiger partial charge in [-0.05, 0) is 43.4 Å². The van der Waals surface area contributed by atoms with Crippen molar-refractivity contribution in [1.29, 1.82) is 0 Å². The van der Waals surface area contributed by atoms with Gasteiger partial charge in [-0.3, -0.25) is 14.5 Å². The van der Waals surface area contributed by atoms with Gasteiger partial charge in [-0.25, -0.2) is 0 Å². The molecule has 0 saturated heterocycles. The minimum atomic E-state index is -0.197. The van der Waals surface area contributed by atoms with Gasteiger partial charge in [0, 0.05) is 24.7 Å². The number of carbonyl (C=O) groups excluding carboxylic acids is 2. The van der Waals surface area contributed by atoms with Crippen molar-refractivity contribution in [2.24, 2.45) is 0 Å². The topological polar surface area (TPSA) is 65.8 Å². The summed E-state index contributed by atoms with van der Waals surface area (Å²) in [5.74, 6) is 1.19. The maximum absolute atomic E-state index is 12.1. The maximum Gasteiger partial charge on any atom is 0.239 e. The van der Waals surface area contributed by atoms with Crippen molar-refractivity contribution in [2.75, 3.05) is 34.2 Å². The number of halogens is 1. The number of nitrogens with zero attached hydrogens (tertiary/aromatic N) is 2. The van der Waals surface area contributed by atoms with E-state index in [4.69, 9.17) is 16.0 Å². The van der Waals surface area contributed by atoms with Crippen LogP contribution in [-0.4, -0.2) is 55.8 Å². The molecule has 6 nitrogen and oxygen atoms in total. The van der Waals surface area contributed by atoms with Gasteiger partial charge in [-0.1, -0.05) is 11.6 Å². The first kappa shape index (κ1) is 19.0. The number of likely N-dealkylation sites (N-methyl/N-ethyl adjacent to an activating group) is 3. The largest absolute Gasteiger partial charge is 0.460 e. The summed E-state index contributed by atoms with van der Waals surface area (Å²) in [7, 11) is 4.98. The third-order valence-electron chi connectivity index (χ3n) is 3.71. The number of rotatable bonds is 7. The molecule has 1 aromatic heterocycles. The number of hydrogen-bond donors (Lipinski definition) is 1. The summed E-state index contributed by atoms with van der Waals surface area (Å²) in [4.78, 5) is 26.7. The Morgan fingerprint density at radius 2 is 1.76 bits per heavy atom. The lowest BCUT2D eigenvalue weighted by Crippen LogP contribution is -2.41. The first-order valence-corrected chi connectivity index (χ1v) is 8.24. The molecule has 1 aromatic carbocycles. The summed E-state index contributed by atoms with van der Waals surface area (Å²) in [5, 5.41) is 3.17. The van der Waals surface area contributed by atoms with Gasteiger partial charge in [-0.2, -0.15) is 0 Å². The second-order valence-corrected chi connectivity index (χ2v) is 6.30. The third kappa shape index (κ3) is 5.62. The van der Waals surface area contributed by atoms with Crippen LogP contribution >= 0.6 is 11.6 Å². The Labute approximate surface area is 152 Å². The van der Waals surface area contributed by atoms with Crippen molar-refractivity contribution < 1.29 is 14.0 Å². The minimum Gasteiger partial charge on any atom is -0.460 e. The Balaban J connectivity index is 1.90. The van der Waals surface area contributed by atoms with Crippen LogP contribution < -0.4 is 5.32 Å². The molecule has 7 heteroatoms. The molecule has 0 radical (unpaired) electrons. The number of nitrogens with one attached hydrogen (secondary N) is 1. The number of furan rings is 1. The summed E-state index contributed by atoms with van der Waals surface area (Å²) >= 11 is 5.89. The predicted octanol–water partition coefficient (Wildman–Crippen LogP) is 2.24. The number of hydrogen-bond acceptors (Lipinski definition) is 4. The van der Waals surface area contributed by atoms with E-state index < -0.39 is 0 Å². The molecule has 1 N–H and O–H groups in total. The average Bonchev–Trinajstić information content (AvgIpc) is 3.03. The zero-order valence-electron chi connectivity index (χ0n) is 14.6. The number of benzene rings is 1. The molecular weight excluding hydrogens is 342 g/mol. The molecule has 0 fully saturated rings. The van der Waals surface area contributed by atoms with Crippen LogP contribution in [0.15, 0.2) is 40.8 Å². The molecular formula is C18H22ClN3O3. The average molecular weight is 364 g/mol. The summed E-state index contributed by atoms with van der Waals surface area (Å²) in [5.41, 5.74) is 0.944. The second-order valence-electron chi connectivity index (χ2n) is 5.87. The Bertz CT molecular complexity index is 727. The van der Waals surface area contributed by atoms with Crippen LogP contribution in [0.1, 0.15) is 5.76 Å². The highest BCUT2D eigenvalue weighted by Gasteiger charge is 2.15. The summed E-state index contributed by atoms with van der Waals surface area (Å²) in [6, 6.07) is 11.2. The fraction of sp³-hybridized carbons (Fsp3) is 0.333. The van der Waals surface area contributed by atoms with Crippen LogP contribution in [0.2, 0.25) is 5.02 Å². The fourth-order valence-corrected chi connectivity index (χ4v) is 2.41. The van der Waals surface area contributed by atoms with Crippen LogP contribution in [0.5, 0.6) is 0 Å². The molecule has 0 spiro atoms. The third-order valence-corrected chi connectivity index (χ3v) is 3.96. The second kappa shape index (κ2) is 8.69. The Morgan fingerprint density at radius 3 is 2.40 bits per heavy atom. The van der Waals surface area contributed by atoms with E-state index in [1.54, 1.807) is 14.1 Å². The van der Waals surface area contributed by atoms with Gasteiger partial charge in [0.15, 0.2) is 0 Å². The lowest BCUT2D eigenvalue weighted by molar-refractivity contribution is -0.135. The summed E-state index contributed by atoms with van der Waals surface area (Å²) in [6.07, 6.45) is 0. The van der Waals surface area contributed by atoms with Gasteiger partial charge in [-0.15, -0.1) is 0 Å². The van der Waals surface area contributed by atoms with E-state index in [1.165, 1.54) is 4.90 Å². The van der Waals surface area contributed by atoms with Gasteiger partial charge >= 0.3 is 0 Å². The molecule has 2 amide bonds. The van der Waals surface area contributed by atoms with Crippen LogP contribution in [0, 0.1) is 0 Å². The standard InChI is InChI=1S/C18H22ClN3O3/c1-20-17(23)11-22(3)18(24)12-21(2)10-15-8-9-16(25-15)13-4-6-14(19)7-5-13/h4-9H,10-12H2,1-3H3,(H,20,23). The van der Waals surface area contributed by atoms with Gasteiger partial charge in [0.25, 0.3) is 0 Å². The monoisotopic (exact) mass is 363 g/mol. The first-order valence-electron chi connectivity index (χ1n) is 7.86. The van der Waals surface area contributed by atoms with Crippen LogP contribution in [0.4, 0.5) is 0 Å². The Hall–Kier alpha value is -2.31. The highest BCUT2D eigenvalue weighted by atomic mass is 35.5. The molecule has 0 atom stereocenters. The summed E-state index contributed by atoms with van der Waals surface area (Å²) in [6.45, 7) is 0.738. The van der Waals surface area contributed by atoms with Crippen LogP contribution in [0.3, 0.4) is 0 Å². The summed E-state index contributed by atoms with van der Waals surface area (Å²) < 4.78 is 5.83. The van der Waals surface area contributed by atoms with Crippen molar-refractivity contribution in [2.45, 2.75) is 6.54 Å². The highest BCUT2D eigenvalue weighted by Crippen LogP contribution is 2.24. The SMILES string of the molecule is CNC(=O)CN(C)C(=O)CN(C)Cc1ccc(-c2ccc(Cl)cc2)o1. The zero-order chi connectivity index (χ0) is 18.4. The fourth-order valence-electron chi connectivity index (χ4n) is 2.29. The molecule has 134 valence electrons. The van der Waals surface area contributed by atoms with Crippen LogP contribution in [-0.2, 0) is 16.1 Å². The number of amides is 2. The van der Waals surface area contributed by atoms with E-state index in [-0.39, 0.29) is 24.9 Å². The van der Waals surface area contributed by atoms with Crippen molar-refractivity contribution in [3.63, 3.8) is 0 Å². The molecule has 2 aromatic rings. The molecule has 2 rings (SSSR count). The maximum atomic E-state index is 12.1. The van der Waals surface area contributed by atoms with E-state index in [9.17, 15) is 9.59 Å². The van der Waals surface area contributed by atoms with E-state index in [0.29, 0.717) is 11.6 Å². The first-order chi connectivity index (χ1) is 11.9. The van der Waals surface area contributed by atoms with E-state index >= 15 is 0 Å². The van der Waals surface area contributed by atoms with E-state index in [0.717, 1.165) is 17.1 Å². The lowest BCUT2D eigenvalue weighted by atomic mass is 10.2. The molecule has 0 unspecified atom stereocenters. The zero-order valence-corrected chi connectivity index (χ0v) is 15.3. The van der Waals surface area contributed by atoms with Gasteiger partial charge in [0.2, 0.25) is 11.8 Å². The Kier molecular flexibility index (Phi) is 6.61. The quantitative estimate of drug-likeness (QED) is 0.819. The van der Waals surface area contributed by atoms with Gasteiger partial charge in [0.05, 0.1) is 19.6 Å². The molecule has 25 heavy (non-hydrogen) atoms. The Morgan fingerprint density at radius 1 is 1.08 bits per heavy atom. The van der Waals surface area contributed by atoms with Gasteiger partial charge in [0.1, 0.15) is 11.5 Å². The molecule has 0 bridgehead atoms. The van der Waals surface area contributed by atoms with Crippen molar-refractivity contribution in [3.05, 3.63) is 47.2 Å². The molecule has 0 saturated carbocycles. The number of carbonyl (C=O) groups is 2. The molecule has 0 aliphatic rings. The van der Waals surface area contributed by atoms with E-state index in [2.05, 4.69) is 5.32 Å². The normalized spacial score (nSPS) is 10.8. The molecule has 0 aliphatic heterocycles. The lowest BCUT2D eigenvalue weighted by Gasteiger charge is -2.20.